The predicted octanol–water partition coefficient (Wildman–Crippen LogP) is 7.21. The highest BCUT2D eigenvalue weighted by Gasteiger charge is 2.24. The second-order valence-corrected chi connectivity index (χ2v) is 12.1. The van der Waals surface area contributed by atoms with E-state index in [1.165, 1.54) is 12.7 Å². The number of carbonyl (C=O) groups excluding carboxylic acids is 2. The first-order valence-corrected chi connectivity index (χ1v) is 15.4. The summed E-state index contributed by atoms with van der Waals surface area (Å²) >= 11 is 13.0. The third-order valence-electron chi connectivity index (χ3n) is 8.11. The minimum absolute atomic E-state index is 0.00534. The fourth-order valence-corrected chi connectivity index (χ4v) is 6.43. The number of nitrogens with one attached hydrogen (secondary N) is 1. The van der Waals surface area contributed by atoms with Gasteiger partial charge in [-0.2, -0.15) is 0 Å². The third kappa shape index (κ3) is 7.32. The number of methoxy groups -OCH3 is 1. The number of aryl methyl sites for hydroxylation is 1. The molecule has 3 aromatic carbocycles. The Morgan fingerprint density at radius 3 is 2.51 bits per heavy atom. The summed E-state index contributed by atoms with van der Waals surface area (Å²) in [5.74, 6) is -0.330. The average Bonchev–Trinajstić information content (AvgIpc) is 3.35. The molecule has 6 nitrogen and oxygen atoms in total. The number of benzene rings is 3. The number of esters is 1. The summed E-state index contributed by atoms with van der Waals surface area (Å²) in [5.41, 5.74) is 8.18. The molecule has 0 radical (unpaired) electrons. The Labute approximate surface area is 263 Å². The van der Waals surface area contributed by atoms with E-state index in [2.05, 4.69) is 34.5 Å². The Hall–Kier alpha value is -3.58. The predicted molar refractivity (Wildman–Crippen MR) is 176 cm³/mol. The minimum atomic E-state index is -0.336. The fraction of sp³-hybridized carbons (Fsp3) is 0.314. The maximum atomic E-state index is 12.3. The lowest BCUT2D eigenvalue weighted by Gasteiger charge is -2.19. The van der Waals surface area contributed by atoms with Crippen LogP contribution >= 0.6 is 23.2 Å². The van der Waals surface area contributed by atoms with Gasteiger partial charge >= 0.3 is 5.97 Å². The van der Waals surface area contributed by atoms with E-state index in [0.29, 0.717) is 21.7 Å². The van der Waals surface area contributed by atoms with E-state index in [-0.39, 0.29) is 11.9 Å². The molecule has 0 bridgehead atoms. The second kappa shape index (κ2) is 13.8. The van der Waals surface area contributed by atoms with E-state index in [4.69, 9.17) is 27.9 Å². The van der Waals surface area contributed by atoms with Crippen LogP contribution in [0.15, 0.2) is 72.8 Å². The molecule has 224 valence electrons. The van der Waals surface area contributed by atoms with Crippen molar-refractivity contribution >= 4 is 51.9 Å². The highest BCUT2D eigenvalue weighted by atomic mass is 35.5. The van der Waals surface area contributed by atoms with Gasteiger partial charge in [0.1, 0.15) is 0 Å². The molecule has 0 saturated carbocycles. The fourth-order valence-electron chi connectivity index (χ4n) is 5.90. The number of anilines is 1. The van der Waals surface area contributed by atoms with Crippen LogP contribution in [0.4, 0.5) is 5.69 Å². The van der Waals surface area contributed by atoms with Gasteiger partial charge in [0.2, 0.25) is 5.91 Å². The van der Waals surface area contributed by atoms with Gasteiger partial charge in [-0.15, -0.1) is 0 Å². The molecule has 8 heteroatoms. The lowest BCUT2D eigenvalue weighted by atomic mass is 9.87. The number of fused-ring (bicyclic) bond motifs is 1. The number of likely N-dealkylation sites (tertiary alicyclic amines) is 1. The van der Waals surface area contributed by atoms with Crippen molar-refractivity contribution in [2.24, 2.45) is 0 Å². The van der Waals surface area contributed by atoms with Crippen molar-refractivity contribution in [3.8, 4) is 0 Å². The Morgan fingerprint density at radius 2 is 1.79 bits per heavy atom. The van der Waals surface area contributed by atoms with Crippen LogP contribution in [0.2, 0.25) is 10.0 Å². The number of carbonyl (C=O) groups is 2. The van der Waals surface area contributed by atoms with Gasteiger partial charge in [-0.3, -0.25) is 9.69 Å². The number of ether oxygens (including phenoxy) is 1. The molecule has 5 rings (SSSR count). The van der Waals surface area contributed by atoms with Crippen molar-refractivity contribution in [1.29, 1.82) is 0 Å². The number of amides is 1. The molecule has 1 aliphatic heterocycles. The molecule has 43 heavy (non-hydrogen) atoms. The maximum absolute atomic E-state index is 12.3. The van der Waals surface area contributed by atoms with E-state index in [0.717, 1.165) is 78.8 Å². The van der Waals surface area contributed by atoms with Crippen LogP contribution < -0.4 is 5.32 Å². The van der Waals surface area contributed by atoms with Gasteiger partial charge < -0.3 is 15.0 Å². The quantitative estimate of drug-likeness (QED) is 0.214. The number of nitrogens with zero attached hydrogens (tertiary/aromatic N) is 2. The molecular formula is C35H37Cl2N3O3. The number of hydrogen-bond donors (Lipinski definition) is 1. The lowest BCUT2D eigenvalue weighted by Crippen LogP contribution is -2.26. The number of halogens is 2. The standard InChI is InChI=1S/C35H37Cl2N3O3/c1-39(2)33(41)8-5-18-40-19-17-28(22-40)38-27-13-9-23(10-14-27)34-29-15-11-25(35(42)43-3)20-24(29)6-4-7-31(34)30-16-12-26(36)21-32(30)37/h5,8-16,20-21,28,38H,4,6-7,17-19,22H2,1-3H3/t28-/m0/s1. The minimum Gasteiger partial charge on any atom is -0.465 e. The molecule has 1 amide bonds. The smallest absolute Gasteiger partial charge is 0.337 e. The monoisotopic (exact) mass is 617 g/mol. The van der Waals surface area contributed by atoms with Crippen LogP contribution in [0.1, 0.15) is 51.9 Å². The molecule has 2 aliphatic rings. The van der Waals surface area contributed by atoms with E-state index >= 15 is 0 Å². The lowest BCUT2D eigenvalue weighted by molar-refractivity contribution is -0.123. The molecule has 1 saturated heterocycles. The van der Waals surface area contributed by atoms with Crippen molar-refractivity contribution in [2.75, 3.05) is 46.2 Å². The highest BCUT2D eigenvalue weighted by Crippen LogP contribution is 2.42. The van der Waals surface area contributed by atoms with Crippen LogP contribution in [0, 0.1) is 0 Å². The zero-order valence-corrected chi connectivity index (χ0v) is 26.3. The molecule has 3 aromatic rings. The Morgan fingerprint density at radius 1 is 1.02 bits per heavy atom. The maximum Gasteiger partial charge on any atom is 0.337 e. The number of hydrogen-bond acceptors (Lipinski definition) is 5. The van der Waals surface area contributed by atoms with Crippen LogP contribution in [0.3, 0.4) is 0 Å². The van der Waals surface area contributed by atoms with E-state index in [9.17, 15) is 9.59 Å². The molecule has 1 N–H and O–H groups in total. The molecule has 0 unspecified atom stereocenters. The van der Waals surface area contributed by atoms with E-state index in [1.807, 2.05) is 36.4 Å². The molecular weight excluding hydrogens is 581 g/mol. The van der Waals surface area contributed by atoms with Crippen molar-refractivity contribution in [3.05, 3.63) is 111 Å². The first-order chi connectivity index (χ1) is 20.7. The van der Waals surface area contributed by atoms with Gasteiger partial charge in [0.15, 0.2) is 0 Å². The van der Waals surface area contributed by atoms with E-state index in [1.54, 1.807) is 31.1 Å². The largest absolute Gasteiger partial charge is 0.465 e. The topological polar surface area (TPSA) is 61.9 Å². The summed E-state index contributed by atoms with van der Waals surface area (Å²) in [5, 5.41) is 4.92. The van der Waals surface area contributed by atoms with Crippen molar-refractivity contribution < 1.29 is 14.3 Å². The number of rotatable bonds is 8. The van der Waals surface area contributed by atoms with Gasteiger partial charge in [0.05, 0.1) is 12.7 Å². The zero-order chi connectivity index (χ0) is 30.5. The molecule has 1 aliphatic carbocycles. The first kappa shape index (κ1) is 30.9. The Bertz CT molecular complexity index is 1560. The van der Waals surface area contributed by atoms with Crippen LogP contribution in [0.5, 0.6) is 0 Å². The molecule has 1 fully saturated rings. The van der Waals surface area contributed by atoms with Gasteiger partial charge in [0.25, 0.3) is 0 Å². The number of allylic oxidation sites excluding steroid dienone is 1. The van der Waals surface area contributed by atoms with Crippen LogP contribution in [0.25, 0.3) is 11.1 Å². The van der Waals surface area contributed by atoms with Crippen molar-refractivity contribution in [2.45, 2.75) is 31.7 Å². The summed E-state index contributed by atoms with van der Waals surface area (Å²) in [4.78, 5) is 28.0. The second-order valence-electron chi connectivity index (χ2n) is 11.3. The summed E-state index contributed by atoms with van der Waals surface area (Å²) < 4.78 is 4.99. The van der Waals surface area contributed by atoms with Gasteiger partial charge in [-0.05, 0) is 95.5 Å². The summed E-state index contributed by atoms with van der Waals surface area (Å²) in [6, 6.07) is 20.4. The zero-order valence-electron chi connectivity index (χ0n) is 24.8. The Balaban J connectivity index is 1.42. The molecule has 0 aromatic heterocycles. The van der Waals surface area contributed by atoms with Gasteiger partial charge in [-0.1, -0.05) is 53.5 Å². The van der Waals surface area contributed by atoms with Crippen molar-refractivity contribution in [3.63, 3.8) is 0 Å². The van der Waals surface area contributed by atoms with Gasteiger partial charge in [0, 0.05) is 61.6 Å². The van der Waals surface area contributed by atoms with Crippen LogP contribution in [-0.2, 0) is 16.0 Å². The summed E-state index contributed by atoms with van der Waals surface area (Å²) in [6.07, 6.45) is 7.22. The van der Waals surface area contributed by atoms with E-state index < -0.39 is 0 Å². The van der Waals surface area contributed by atoms with Gasteiger partial charge in [-0.25, -0.2) is 4.79 Å². The number of likely N-dealkylation sites (N-methyl/N-ethyl adjacent to an activating group) is 1. The summed E-state index contributed by atoms with van der Waals surface area (Å²) in [6.45, 7) is 2.67. The average molecular weight is 619 g/mol. The molecule has 1 atom stereocenters. The normalized spacial score (nSPS) is 17.1. The highest BCUT2D eigenvalue weighted by molar-refractivity contribution is 6.36. The SMILES string of the molecule is COC(=O)c1ccc2c(c1)CCCC(c1ccc(Cl)cc1Cl)=C2c1ccc(N[C@H]2CCN(CC=CC(=O)N(C)C)C2)cc1. The first-order valence-electron chi connectivity index (χ1n) is 14.6. The molecule has 0 spiro atoms. The third-order valence-corrected chi connectivity index (χ3v) is 8.66. The Kier molecular flexibility index (Phi) is 9.91. The van der Waals surface area contributed by atoms with Crippen molar-refractivity contribution in [1.82, 2.24) is 9.80 Å². The molecule has 1 heterocycles. The van der Waals surface area contributed by atoms with Crippen LogP contribution in [-0.4, -0.2) is 68.6 Å². The summed E-state index contributed by atoms with van der Waals surface area (Å²) in [7, 11) is 4.92.